The molecule has 0 spiro atoms. The Morgan fingerprint density at radius 3 is 1.69 bits per heavy atom. The highest BCUT2D eigenvalue weighted by atomic mass is 16.5. The Balaban J connectivity index is 1.81. The lowest BCUT2D eigenvalue weighted by Gasteiger charge is -2.17. The molecule has 0 aliphatic carbocycles. The molecule has 0 radical (unpaired) electrons. The molecule has 1 heterocycles. The molecule has 1 aliphatic rings. The third-order valence-corrected chi connectivity index (χ3v) is 5.44. The quantitative estimate of drug-likeness (QED) is 0.259. The van der Waals surface area contributed by atoms with Gasteiger partial charge < -0.3 is 10.1 Å². The molecule has 0 fully saturated rings. The summed E-state index contributed by atoms with van der Waals surface area (Å²) < 4.78 is 5.85. The zero-order valence-corrected chi connectivity index (χ0v) is 17.9. The molecule has 1 atom stereocenters. The number of hydrogen-bond donors (Lipinski definition) is 1. The number of nitrogens with one attached hydrogen (secondary N) is 1. The van der Waals surface area contributed by atoms with E-state index in [0.29, 0.717) is 0 Å². The van der Waals surface area contributed by atoms with Crippen molar-refractivity contribution >= 4 is 5.84 Å². The Hall–Kier alpha value is -0.570. The van der Waals surface area contributed by atoms with Crippen molar-refractivity contribution in [3.05, 3.63) is 0 Å². The predicted molar refractivity (Wildman–Crippen MR) is 115 cm³/mol. The number of hydrogen-bond acceptors (Lipinski definition) is 3. The summed E-state index contributed by atoms with van der Waals surface area (Å²) in [5, 5.41) is 3.37. The van der Waals surface area contributed by atoms with E-state index < -0.39 is 0 Å². The molecule has 0 bridgehead atoms. The minimum absolute atomic E-state index is 0.212. The zero-order valence-electron chi connectivity index (χ0n) is 17.9. The molecule has 0 aromatic heterocycles. The molecule has 0 amide bonds. The minimum Gasteiger partial charge on any atom is -0.371 e. The van der Waals surface area contributed by atoms with E-state index >= 15 is 0 Å². The maximum Gasteiger partial charge on any atom is 0.126 e. The van der Waals surface area contributed by atoms with E-state index in [2.05, 4.69) is 24.2 Å². The van der Waals surface area contributed by atoms with Crippen LogP contribution < -0.4 is 5.32 Å². The number of ether oxygens (including phenoxy) is 1. The summed E-state index contributed by atoms with van der Waals surface area (Å²) in [5.41, 5.74) is 0. The Kier molecular flexibility index (Phi) is 16.1. The van der Waals surface area contributed by atoms with Crippen molar-refractivity contribution in [3.8, 4) is 0 Å². The lowest BCUT2D eigenvalue weighted by molar-refractivity contribution is 0.0995. The number of aliphatic imine (C=N–C) groups is 1. The SMILES string of the molecule is CCCCCCCCCCCCCCCCCC(OCC)C1=NCCN1. The zero-order chi connectivity index (χ0) is 18.7. The summed E-state index contributed by atoms with van der Waals surface area (Å²) in [6, 6.07) is 0. The topological polar surface area (TPSA) is 33.6 Å². The first-order chi connectivity index (χ1) is 12.9. The maximum absolute atomic E-state index is 5.85. The van der Waals surface area contributed by atoms with E-state index in [0.717, 1.165) is 32.0 Å². The molecular weight excluding hydrogens is 320 g/mol. The van der Waals surface area contributed by atoms with Gasteiger partial charge in [-0.05, 0) is 13.3 Å². The number of amidine groups is 1. The molecule has 0 saturated heterocycles. The Morgan fingerprint density at radius 2 is 1.27 bits per heavy atom. The standard InChI is InChI=1S/C23H46N2O/c1-3-5-6-7-8-9-10-11-12-13-14-15-16-17-18-19-22(26-4-2)23-24-20-21-25-23/h22H,3-21H2,1-2H3,(H,24,25). The van der Waals surface area contributed by atoms with Gasteiger partial charge in [-0.15, -0.1) is 0 Å². The third-order valence-electron chi connectivity index (χ3n) is 5.44. The smallest absolute Gasteiger partial charge is 0.126 e. The molecule has 0 saturated carbocycles. The summed E-state index contributed by atoms with van der Waals surface area (Å²) >= 11 is 0. The van der Waals surface area contributed by atoms with Gasteiger partial charge in [0, 0.05) is 13.2 Å². The maximum atomic E-state index is 5.85. The molecule has 1 N–H and O–H groups in total. The molecule has 3 nitrogen and oxygen atoms in total. The summed E-state index contributed by atoms with van der Waals surface area (Å²) in [6.07, 6.45) is 22.6. The van der Waals surface area contributed by atoms with E-state index in [1.807, 2.05) is 0 Å². The van der Waals surface area contributed by atoms with Gasteiger partial charge in [0.1, 0.15) is 11.9 Å². The van der Waals surface area contributed by atoms with Gasteiger partial charge in [0.15, 0.2) is 0 Å². The van der Waals surface area contributed by atoms with Crippen molar-refractivity contribution in [1.82, 2.24) is 5.32 Å². The molecule has 3 heteroatoms. The van der Waals surface area contributed by atoms with Crippen LogP contribution in [-0.2, 0) is 4.74 Å². The lowest BCUT2D eigenvalue weighted by atomic mass is 10.0. The minimum atomic E-state index is 0.212. The first kappa shape index (κ1) is 23.5. The summed E-state index contributed by atoms with van der Waals surface area (Å²) in [4.78, 5) is 4.52. The summed E-state index contributed by atoms with van der Waals surface area (Å²) in [6.45, 7) is 7.05. The monoisotopic (exact) mass is 366 g/mol. The van der Waals surface area contributed by atoms with E-state index in [1.54, 1.807) is 0 Å². The van der Waals surface area contributed by atoms with Crippen molar-refractivity contribution in [2.75, 3.05) is 19.7 Å². The molecular formula is C23H46N2O. The molecule has 1 aliphatic heterocycles. The van der Waals surface area contributed by atoms with Crippen LogP contribution in [0.15, 0.2) is 4.99 Å². The van der Waals surface area contributed by atoms with Crippen molar-refractivity contribution in [2.45, 2.75) is 123 Å². The number of nitrogens with zero attached hydrogens (tertiary/aromatic N) is 1. The normalized spacial score (nSPS) is 15.1. The Morgan fingerprint density at radius 1 is 0.769 bits per heavy atom. The van der Waals surface area contributed by atoms with Crippen LogP contribution in [0.4, 0.5) is 0 Å². The van der Waals surface area contributed by atoms with Gasteiger partial charge >= 0.3 is 0 Å². The van der Waals surface area contributed by atoms with Crippen LogP contribution in [-0.4, -0.2) is 31.6 Å². The molecule has 0 aromatic rings. The van der Waals surface area contributed by atoms with Crippen LogP contribution in [0, 0.1) is 0 Å². The Labute approximate surface area is 163 Å². The fraction of sp³-hybridized carbons (Fsp3) is 0.957. The second-order valence-electron chi connectivity index (χ2n) is 7.88. The average Bonchev–Trinajstić information content (AvgIpc) is 3.18. The lowest BCUT2D eigenvalue weighted by Crippen LogP contribution is -2.33. The largest absolute Gasteiger partial charge is 0.371 e. The van der Waals surface area contributed by atoms with E-state index in [1.165, 1.54) is 96.3 Å². The van der Waals surface area contributed by atoms with Crippen molar-refractivity contribution < 1.29 is 4.74 Å². The highest BCUT2D eigenvalue weighted by Gasteiger charge is 2.18. The van der Waals surface area contributed by atoms with Crippen molar-refractivity contribution in [2.24, 2.45) is 4.99 Å². The van der Waals surface area contributed by atoms with E-state index in [-0.39, 0.29) is 6.10 Å². The second-order valence-corrected chi connectivity index (χ2v) is 7.88. The van der Waals surface area contributed by atoms with Crippen LogP contribution in [0.3, 0.4) is 0 Å². The predicted octanol–water partition coefficient (Wildman–Crippen LogP) is 6.65. The van der Waals surface area contributed by atoms with Crippen LogP contribution in [0.2, 0.25) is 0 Å². The van der Waals surface area contributed by atoms with Crippen molar-refractivity contribution in [3.63, 3.8) is 0 Å². The van der Waals surface area contributed by atoms with Gasteiger partial charge in [0.05, 0.1) is 6.54 Å². The summed E-state index contributed by atoms with van der Waals surface area (Å²) in [5.74, 6) is 1.09. The molecule has 26 heavy (non-hydrogen) atoms. The van der Waals surface area contributed by atoms with Gasteiger partial charge in [-0.25, -0.2) is 0 Å². The molecule has 1 unspecified atom stereocenters. The average molecular weight is 367 g/mol. The highest BCUT2D eigenvalue weighted by Crippen LogP contribution is 2.15. The van der Waals surface area contributed by atoms with Crippen LogP contribution in [0.25, 0.3) is 0 Å². The fourth-order valence-electron chi connectivity index (χ4n) is 3.83. The Bertz CT molecular complexity index is 330. The van der Waals surface area contributed by atoms with Crippen LogP contribution in [0.5, 0.6) is 0 Å². The highest BCUT2D eigenvalue weighted by molar-refractivity contribution is 5.87. The van der Waals surface area contributed by atoms with Gasteiger partial charge in [-0.3, -0.25) is 4.99 Å². The fourth-order valence-corrected chi connectivity index (χ4v) is 3.83. The number of rotatable bonds is 19. The summed E-state index contributed by atoms with van der Waals surface area (Å²) in [7, 11) is 0. The van der Waals surface area contributed by atoms with Gasteiger partial charge in [0.2, 0.25) is 0 Å². The van der Waals surface area contributed by atoms with E-state index in [9.17, 15) is 0 Å². The molecule has 0 aromatic carbocycles. The second kappa shape index (κ2) is 17.8. The third kappa shape index (κ3) is 12.7. The molecule has 1 rings (SSSR count). The first-order valence-corrected chi connectivity index (χ1v) is 11.8. The van der Waals surface area contributed by atoms with Crippen molar-refractivity contribution in [1.29, 1.82) is 0 Å². The first-order valence-electron chi connectivity index (χ1n) is 11.8. The van der Waals surface area contributed by atoms with Gasteiger partial charge in [-0.2, -0.15) is 0 Å². The van der Waals surface area contributed by atoms with Gasteiger partial charge in [0.25, 0.3) is 0 Å². The number of unbranched alkanes of at least 4 members (excludes halogenated alkanes) is 14. The molecule has 154 valence electrons. The van der Waals surface area contributed by atoms with Crippen LogP contribution in [0.1, 0.15) is 117 Å². The van der Waals surface area contributed by atoms with E-state index in [4.69, 9.17) is 4.74 Å². The van der Waals surface area contributed by atoms with Gasteiger partial charge in [-0.1, -0.05) is 103 Å². The van der Waals surface area contributed by atoms with Crippen LogP contribution >= 0.6 is 0 Å².